The fourth-order valence-electron chi connectivity index (χ4n) is 1.44. The maximum atomic E-state index is 13.2. The SMILES string of the molecule is CCNCC1(O)CCNCC1(F)F. The van der Waals surface area contributed by atoms with Crippen molar-refractivity contribution in [1.82, 2.24) is 10.6 Å². The minimum absolute atomic E-state index is 0.0435. The van der Waals surface area contributed by atoms with Crippen LogP contribution in [0.4, 0.5) is 8.78 Å². The molecule has 0 spiro atoms. The van der Waals surface area contributed by atoms with Crippen LogP contribution < -0.4 is 10.6 Å². The molecule has 0 aromatic heterocycles. The average molecular weight is 194 g/mol. The summed E-state index contributed by atoms with van der Waals surface area (Å²) in [5.74, 6) is -3.03. The highest BCUT2D eigenvalue weighted by Crippen LogP contribution is 2.32. The van der Waals surface area contributed by atoms with Crippen LogP contribution >= 0.6 is 0 Å². The first-order valence-corrected chi connectivity index (χ1v) is 4.53. The molecule has 5 heteroatoms. The number of nitrogens with one attached hydrogen (secondary N) is 2. The zero-order valence-electron chi connectivity index (χ0n) is 7.74. The van der Waals surface area contributed by atoms with Crippen molar-refractivity contribution in [3.8, 4) is 0 Å². The van der Waals surface area contributed by atoms with Crippen molar-refractivity contribution in [2.24, 2.45) is 0 Å². The van der Waals surface area contributed by atoms with Crippen LogP contribution in [-0.4, -0.2) is 42.8 Å². The van der Waals surface area contributed by atoms with Gasteiger partial charge in [-0.05, 0) is 19.5 Å². The number of alkyl halides is 2. The summed E-state index contributed by atoms with van der Waals surface area (Å²) in [6, 6.07) is 0. The van der Waals surface area contributed by atoms with Crippen molar-refractivity contribution in [3.05, 3.63) is 0 Å². The first-order chi connectivity index (χ1) is 6.02. The summed E-state index contributed by atoms with van der Waals surface area (Å²) in [5.41, 5.74) is -1.88. The van der Waals surface area contributed by atoms with Crippen LogP contribution in [0.3, 0.4) is 0 Å². The van der Waals surface area contributed by atoms with E-state index in [1.54, 1.807) is 0 Å². The molecule has 0 radical (unpaired) electrons. The topological polar surface area (TPSA) is 44.3 Å². The lowest BCUT2D eigenvalue weighted by atomic mass is 9.88. The lowest BCUT2D eigenvalue weighted by molar-refractivity contribution is -0.190. The molecule has 0 bridgehead atoms. The van der Waals surface area contributed by atoms with Crippen molar-refractivity contribution in [2.75, 3.05) is 26.2 Å². The van der Waals surface area contributed by atoms with Gasteiger partial charge in [-0.2, -0.15) is 0 Å². The first kappa shape index (κ1) is 10.8. The number of rotatable bonds is 3. The van der Waals surface area contributed by atoms with Gasteiger partial charge in [-0.3, -0.25) is 0 Å². The molecule has 1 saturated heterocycles. The van der Waals surface area contributed by atoms with Crippen molar-refractivity contribution >= 4 is 0 Å². The Bertz CT molecular complexity index is 178. The molecule has 78 valence electrons. The summed E-state index contributed by atoms with van der Waals surface area (Å²) >= 11 is 0. The predicted octanol–water partition coefficient (Wildman–Crippen LogP) is -0.0444. The van der Waals surface area contributed by atoms with Crippen LogP contribution in [0.1, 0.15) is 13.3 Å². The van der Waals surface area contributed by atoms with E-state index in [4.69, 9.17) is 0 Å². The molecule has 3 nitrogen and oxygen atoms in total. The highest BCUT2D eigenvalue weighted by atomic mass is 19.3. The zero-order valence-corrected chi connectivity index (χ0v) is 7.74. The fourth-order valence-corrected chi connectivity index (χ4v) is 1.44. The van der Waals surface area contributed by atoms with Crippen molar-refractivity contribution in [3.63, 3.8) is 0 Å². The third kappa shape index (κ3) is 2.15. The number of hydrogen-bond donors (Lipinski definition) is 3. The molecule has 1 aliphatic heterocycles. The smallest absolute Gasteiger partial charge is 0.289 e. The Kier molecular flexibility index (Phi) is 3.21. The van der Waals surface area contributed by atoms with E-state index >= 15 is 0 Å². The summed E-state index contributed by atoms with van der Waals surface area (Å²) < 4.78 is 26.4. The Labute approximate surface area is 76.5 Å². The van der Waals surface area contributed by atoms with Gasteiger partial charge in [0.1, 0.15) is 5.60 Å². The van der Waals surface area contributed by atoms with Gasteiger partial charge in [-0.15, -0.1) is 0 Å². The normalized spacial score (nSPS) is 33.2. The molecule has 1 atom stereocenters. The Morgan fingerprint density at radius 3 is 2.77 bits per heavy atom. The summed E-state index contributed by atoms with van der Waals surface area (Å²) in [7, 11) is 0. The zero-order chi connectivity index (χ0) is 9.95. The van der Waals surface area contributed by atoms with Crippen molar-refractivity contribution < 1.29 is 13.9 Å². The fraction of sp³-hybridized carbons (Fsp3) is 1.00. The number of halogens is 2. The minimum atomic E-state index is -3.03. The Balaban J connectivity index is 2.60. The van der Waals surface area contributed by atoms with Crippen LogP contribution in [0, 0.1) is 0 Å². The molecule has 3 N–H and O–H groups in total. The van der Waals surface area contributed by atoms with Gasteiger partial charge in [-0.25, -0.2) is 8.78 Å². The standard InChI is InChI=1S/C8H16F2N2O/c1-2-11-5-7(13)3-4-12-6-8(7,9)10/h11-13H,2-6H2,1H3. The van der Waals surface area contributed by atoms with Gasteiger partial charge in [-0.1, -0.05) is 6.92 Å². The molecular weight excluding hydrogens is 178 g/mol. The van der Waals surface area contributed by atoms with Crippen molar-refractivity contribution in [2.45, 2.75) is 24.9 Å². The van der Waals surface area contributed by atoms with Gasteiger partial charge < -0.3 is 15.7 Å². The van der Waals surface area contributed by atoms with E-state index in [0.717, 1.165) is 0 Å². The maximum Gasteiger partial charge on any atom is 0.289 e. The van der Waals surface area contributed by atoms with Gasteiger partial charge in [0.25, 0.3) is 5.92 Å². The van der Waals surface area contributed by atoms with Crippen LogP contribution in [0.2, 0.25) is 0 Å². The molecule has 0 saturated carbocycles. The molecule has 0 aromatic carbocycles. The highest BCUT2D eigenvalue weighted by molar-refractivity contribution is 4.99. The Morgan fingerprint density at radius 1 is 1.54 bits per heavy atom. The van der Waals surface area contributed by atoms with E-state index in [2.05, 4.69) is 10.6 Å². The number of piperidine rings is 1. The molecule has 1 aliphatic rings. The van der Waals surface area contributed by atoms with Gasteiger partial charge in [0.05, 0.1) is 6.54 Å². The Morgan fingerprint density at radius 2 is 2.23 bits per heavy atom. The third-order valence-corrected chi connectivity index (χ3v) is 2.41. The first-order valence-electron chi connectivity index (χ1n) is 4.53. The van der Waals surface area contributed by atoms with E-state index in [0.29, 0.717) is 13.1 Å². The highest BCUT2D eigenvalue weighted by Gasteiger charge is 2.53. The number of hydrogen-bond acceptors (Lipinski definition) is 3. The molecule has 1 rings (SSSR count). The summed E-state index contributed by atoms with van der Waals surface area (Å²) in [6.45, 7) is 2.37. The molecule has 1 fully saturated rings. The number of aliphatic hydroxyl groups is 1. The maximum absolute atomic E-state index is 13.2. The lowest BCUT2D eigenvalue weighted by Crippen LogP contribution is -2.63. The molecular formula is C8H16F2N2O. The van der Waals surface area contributed by atoms with E-state index < -0.39 is 18.1 Å². The van der Waals surface area contributed by atoms with E-state index in [1.165, 1.54) is 0 Å². The van der Waals surface area contributed by atoms with Crippen LogP contribution in [0.25, 0.3) is 0 Å². The second-order valence-electron chi connectivity index (χ2n) is 3.44. The van der Waals surface area contributed by atoms with Gasteiger partial charge in [0.15, 0.2) is 0 Å². The molecule has 0 aromatic rings. The monoisotopic (exact) mass is 194 g/mol. The largest absolute Gasteiger partial charge is 0.382 e. The second-order valence-corrected chi connectivity index (χ2v) is 3.44. The van der Waals surface area contributed by atoms with Crippen LogP contribution in [-0.2, 0) is 0 Å². The van der Waals surface area contributed by atoms with Gasteiger partial charge in [0, 0.05) is 6.54 Å². The summed E-state index contributed by atoms with van der Waals surface area (Å²) in [4.78, 5) is 0. The molecule has 13 heavy (non-hydrogen) atoms. The lowest BCUT2D eigenvalue weighted by Gasteiger charge is -2.39. The molecule has 0 aliphatic carbocycles. The summed E-state index contributed by atoms with van der Waals surface area (Å²) in [5, 5.41) is 15.0. The van der Waals surface area contributed by atoms with Gasteiger partial charge >= 0.3 is 0 Å². The number of likely N-dealkylation sites (N-methyl/N-ethyl adjacent to an activating group) is 1. The van der Waals surface area contributed by atoms with Crippen molar-refractivity contribution in [1.29, 1.82) is 0 Å². The Hall–Kier alpha value is -0.260. The second kappa shape index (κ2) is 3.86. The van der Waals surface area contributed by atoms with E-state index in [9.17, 15) is 13.9 Å². The average Bonchev–Trinajstić information content (AvgIpc) is 2.07. The molecule has 0 amide bonds. The minimum Gasteiger partial charge on any atom is -0.382 e. The van der Waals surface area contributed by atoms with E-state index in [1.807, 2.05) is 6.92 Å². The quantitative estimate of drug-likeness (QED) is 0.590. The third-order valence-electron chi connectivity index (χ3n) is 2.41. The van der Waals surface area contributed by atoms with Crippen LogP contribution in [0.15, 0.2) is 0 Å². The van der Waals surface area contributed by atoms with Gasteiger partial charge in [0.2, 0.25) is 0 Å². The van der Waals surface area contributed by atoms with E-state index in [-0.39, 0.29) is 13.0 Å². The molecule has 1 heterocycles. The van der Waals surface area contributed by atoms with Crippen LogP contribution in [0.5, 0.6) is 0 Å². The predicted molar refractivity (Wildman–Crippen MR) is 45.9 cm³/mol. The molecule has 1 unspecified atom stereocenters. The summed E-state index contributed by atoms with van der Waals surface area (Å²) in [6.07, 6.45) is 0.0903.